The molecule has 2 aromatic rings. The van der Waals surface area contributed by atoms with E-state index in [9.17, 15) is 4.39 Å². The number of hydrogen-bond donors (Lipinski definition) is 1. The van der Waals surface area contributed by atoms with E-state index in [0.29, 0.717) is 5.75 Å². The Balaban J connectivity index is 2.50. The van der Waals surface area contributed by atoms with Gasteiger partial charge in [-0.15, -0.1) is 0 Å². The van der Waals surface area contributed by atoms with Crippen LogP contribution in [0.25, 0.3) is 0 Å². The molecule has 0 spiro atoms. The molecular formula is C15H17FN2O. The number of aromatic nitrogens is 1. The molecule has 0 saturated carbocycles. The number of hydrogen-bond acceptors (Lipinski definition) is 3. The molecule has 0 aliphatic rings. The fraction of sp³-hybridized carbons (Fsp3) is 0.267. The second-order valence-corrected chi connectivity index (χ2v) is 4.34. The highest BCUT2D eigenvalue weighted by molar-refractivity contribution is 5.42. The molecule has 0 saturated heterocycles. The van der Waals surface area contributed by atoms with E-state index in [1.807, 2.05) is 20.0 Å². The van der Waals surface area contributed by atoms with E-state index >= 15 is 0 Å². The zero-order valence-corrected chi connectivity index (χ0v) is 11.3. The normalized spacial score (nSPS) is 12.2. The van der Waals surface area contributed by atoms with Crippen molar-refractivity contribution in [1.29, 1.82) is 0 Å². The van der Waals surface area contributed by atoms with Crippen LogP contribution in [0.4, 0.5) is 4.39 Å². The van der Waals surface area contributed by atoms with E-state index in [4.69, 9.17) is 4.74 Å². The molecule has 1 atom stereocenters. The van der Waals surface area contributed by atoms with Crippen molar-refractivity contribution >= 4 is 0 Å². The van der Waals surface area contributed by atoms with Gasteiger partial charge in [0.05, 0.1) is 19.3 Å². The Morgan fingerprint density at radius 3 is 2.68 bits per heavy atom. The zero-order valence-electron chi connectivity index (χ0n) is 11.3. The first-order valence-corrected chi connectivity index (χ1v) is 6.08. The fourth-order valence-corrected chi connectivity index (χ4v) is 2.24. The molecule has 19 heavy (non-hydrogen) atoms. The van der Waals surface area contributed by atoms with Crippen LogP contribution in [-0.4, -0.2) is 19.1 Å². The van der Waals surface area contributed by atoms with E-state index in [1.165, 1.54) is 12.1 Å². The minimum Gasteiger partial charge on any atom is -0.495 e. The number of nitrogens with zero attached hydrogens (tertiary/aromatic N) is 1. The van der Waals surface area contributed by atoms with Gasteiger partial charge in [-0.2, -0.15) is 0 Å². The number of halogens is 1. The summed E-state index contributed by atoms with van der Waals surface area (Å²) in [4.78, 5) is 4.05. The summed E-state index contributed by atoms with van der Waals surface area (Å²) >= 11 is 0. The maximum Gasteiger partial charge on any atom is 0.142 e. The Labute approximate surface area is 112 Å². The maximum absolute atomic E-state index is 13.2. The topological polar surface area (TPSA) is 34.2 Å². The quantitative estimate of drug-likeness (QED) is 0.918. The molecule has 0 aliphatic carbocycles. The molecule has 0 radical (unpaired) electrons. The minimum absolute atomic E-state index is 0.0569. The van der Waals surface area contributed by atoms with Crippen molar-refractivity contribution in [2.24, 2.45) is 0 Å². The largest absolute Gasteiger partial charge is 0.495 e. The van der Waals surface area contributed by atoms with Crippen LogP contribution in [0.15, 0.2) is 36.7 Å². The van der Waals surface area contributed by atoms with Gasteiger partial charge >= 0.3 is 0 Å². The van der Waals surface area contributed by atoms with E-state index in [1.54, 1.807) is 25.6 Å². The highest BCUT2D eigenvalue weighted by Gasteiger charge is 2.18. The van der Waals surface area contributed by atoms with Gasteiger partial charge in [0.15, 0.2) is 0 Å². The molecule has 1 aromatic carbocycles. The average Bonchev–Trinajstić information content (AvgIpc) is 2.42. The Morgan fingerprint density at radius 1 is 1.26 bits per heavy atom. The van der Waals surface area contributed by atoms with Gasteiger partial charge in [0, 0.05) is 11.8 Å². The van der Waals surface area contributed by atoms with Gasteiger partial charge in [-0.05, 0) is 43.3 Å². The molecule has 1 unspecified atom stereocenters. The third-order valence-electron chi connectivity index (χ3n) is 3.18. The van der Waals surface area contributed by atoms with Crippen molar-refractivity contribution in [3.8, 4) is 5.75 Å². The van der Waals surface area contributed by atoms with E-state index in [-0.39, 0.29) is 11.9 Å². The van der Waals surface area contributed by atoms with Crippen LogP contribution in [0.2, 0.25) is 0 Å². The van der Waals surface area contributed by atoms with Crippen LogP contribution < -0.4 is 10.1 Å². The molecule has 4 heteroatoms. The van der Waals surface area contributed by atoms with Crippen molar-refractivity contribution in [3.63, 3.8) is 0 Å². The third kappa shape index (κ3) is 2.74. The zero-order chi connectivity index (χ0) is 13.8. The number of benzene rings is 1. The summed E-state index contributed by atoms with van der Waals surface area (Å²) in [5.41, 5.74) is 2.90. The summed E-state index contributed by atoms with van der Waals surface area (Å²) in [6, 6.07) is 6.65. The molecule has 0 fully saturated rings. The number of ether oxygens (including phenoxy) is 1. The van der Waals surface area contributed by atoms with E-state index < -0.39 is 0 Å². The van der Waals surface area contributed by atoms with Gasteiger partial charge in [0.25, 0.3) is 0 Å². The van der Waals surface area contributed by atoms with Gasteiger partial charge in [-0.3, -0.25) is 4.98 Å². The monoisotopic (exact) mass is 260 g/mol. The Bertz CT molecular complexity index is 572. The van der Waals surface area contributed by atoms with Crippen LogP contribution in [0.3, 0.4) is 0 Å². The second kappa shape index (κ2) is 5.80. The van der Waals surface area contributed by atoms with Crippen LogP contribution in [0.5, 0.6) is 5.75 Å². The number of aryl methyl sites for hydroxylation is 1. The van der Waals surface area contributed by atoms with Gasteiger partial charge in [-0.25, -0.2) is 4.39 Å². The smallest absolute Gasteiger partial charge is 0.142 e. The van der Waals surface area contributed by atoms with Crippen molar-refractivity contribution < 1.29 is 9.13 Å². The van der Waals surface area contributed by atoms with Crippen LogP contribution in [-0.2, 0) is 0 Å². The number of rotatable bonds is 4. The summed E-state index contributed by atoms with van der Waals surface area (Å²) in [5.74, 6) is 0.489. The fourth-order valence-electron chi connectivity index (χ4n) is 2.24. The lowest BCUT2D eigenvalue weighted by atomic mass is 9.95. The summed E-state index contributed by atoms with van der Waals surface area (Å²) in [7, 11) is 3.48. The highest BCUT2D eigenvalue weighted by Crippen LogP contribution is 2.30. The standard InChI is InChI=1S/C15H17FN2O/c1-10-8-11(16)4-5-12(10)15(17-2)13-6-7-18-9-14(13)19-3/h4-9,15,17H,1-3H3. The first kappa shape index (κ1) is 13.5. The third-order valence-corrected chi connectivity index (χ3v) is 3.18. The first-order chi connectivity index (χ1) is 9.17. The van der Waals surface area contributed by atoms with Crippen LogP contribution >= 0.6 is 0 Å². The Hall–Kier alpha value is -1.94. The molecular weight excluding hydrogens is 243 g/mol. The first-order valence-electron chi connectivity index (χ1n) is 6.08. The Kier molecular flexibility index (Phi) is 4.12. The van der Waals surface area contributed by atoms with Crippen molar-refractivity contribution in [1.82, 2.24) is 10.3 Å². The minimum atomic E-state index is -0.224. The number of nitrogens with one attached hydrogen (secondary N) is 1. The van der Waals surface area contributed by atoms with Gasteiger partial charge < -0.3 is 10.1 Å². The molecule has 0 amide bonds. The van der Waals surface area contributed by atoms with Crippen molar-refractivity contribution in [2.75, 3.05) is 14.2 Å². The molecule has 0 bridgehead atoms. The van der Waals surface area contributed by atoms with Gasteiger partial charge in [0.1, 0.15) is 11.6 Å². The van der Waals surface area contributed by atoms with Crippen LogP contribution in [0, 0.1) is 12.7 Å². The summed E-state index contributed by atoms with van der Waals surface area (Å²) < 4.78 is 18.5. The lowest BCUT2D eigenvalue weighted by Gasteiger charge is -2.21. The predicted octanol–water partition coefficient (Wildman–Crippen LogP) is 2.85. The SMILES string of the molecule is CNC(c1ccc(F)cc1C)c1ccncc1OC. The summed E-state index contributed by atoms with van der Waals surface area (Å²) in [5, 5.41) is 3.24. The van der Waals surface area contributed by atoms with E-state index in [0.717, 1.165) is 16.7 Å². The van der Waals surface area contributed by atoms with Crippen molar-refractivity contribution in [2.45, 2.75) is 13.0 Å². The molecule has 2 rings (SSSR count). The molecule has 1 heterocycles. The lowest BCUT2D eigenvalue weighted by molar-refractivity contribution is 0.403. The van der Waals surface area contributed by atoms with Crippen LogP contribution in [0.1, 0.15) is 22.7 Å². The lowest BCUT2D eigenvalue weighted by Crippen LogP contribution is -2.19. The summed E-state index contributed by atoms with van der Waals surface area (Å²) in [6.07, 6.45) is 3.40. The molecule has 1 N–H and O–H groups in total. The van der Waals surface area contributed by atoms with Crippen molar-refractivity contribution in [3.05, 3.63) is 59.2 Å². The highest BCUT2D eigenvalue weighted by atomic mass is 19.1. The number of methoxy groups -OCH3 is 1. The molecule has 1 aromatic heterocycles. The molecule has 0 aliphatic heterocycles. The maximum atomic E-state index is 13.2. The van der Waals surface area contributed by atoms with Gasteiger partial charge in [-0.1, -0.05) is 6.07 Å². The number of pyridine rings is 1. The molecule has 3 nitrogen and oxygen atoms in total. The van der Waals surface area contributed by atoms with Gasteiger partial charge in [0.2, 0.25) is 0 Å². The summed E-state index contributed by atoms with van der Waals surface area (Å²) in [6.45, 7) is 1.90. The van der Waals surface area contributed by atoms with E-state index in [2.05, 4.69) is 10.3 Å². The average molecular weight is 260 g/mol. The predicted molar refractivity (Wildman–Crippen MR) is 72.8 cm³/mol. The second-order valence-electron chi connectivity index (χ2n) is 4.34. The molecule has 100 valence electrons. The Morgan fingerprint density at radius 2 is 2.05 bits per heavy atom.